The van der Waals surface area contributed by atoms with E-state index in [0.717, 1.165) is 50.6 Å². The molecule has 4 rings (SSSR count). The summed E-state index contributed by atoms with van der Waals surface area (Å²) in [4.78, 5) is 37.0. The number of carbonyl (C=O) groups excluding carboxylic acids is 2. The molecule has 154 valence electrons. The average molecular weight is 415 g/mol. The lowest BCUT2D eigenvalue weighted by molar-refractivity contribution is 0.0958. The third kappa shape index (κ3) is 4.20. The number of fused-ring (bicyclic) bond motifs is 1. The van der Waals surface area contributed by atoms with Crippen LogP contribution in [0.4, 0.5) is 16.2 Å². The fraction of sp³-hybridized carbons (Fsp3) is 0.450. The van der Waals surface area contributed by atoms with Gasteiger partial charge < -0.3 is 20.4 Å². The number of nitrogens with one attached hydrogen (secondary N) is 2. The Balaban J connectivity index is 1.33. The molecule has 0 aliphatic carbocycles. The second kappa shape index (κ2) is 8.38. The fourth-order valence-corrected chi connectivity index (χ4v) is 4.88. The van der Waals surface area contributed by atoms with Gasteiger partial charge in [-0.1, -0.05) is 0 Å². The smallest absolute Gasteiger partial charge is 0.322 e. The van der Waals surface area contributed by atoms with Gasteiger partial charge in [-0.3, -0.25) is 9.69 Å². The maximum absolute atomic E-state index is 12.0. The van der Waals surface area contributed by atoms with Crippen LogP contribution in [0, 0.1) is 0 Å². The molecule has 4 heterocycles. The molecule has 0 unspecified atom stereocenters. The summed E-state index contributed by atoms with van der Waals surface area (Å²) >= 11 is 1.79. The van der Waals surface area contributed by atoms with Gasteiger partial charge in [0.25, 0.3) is 5.91 Å². The van der Waals surface area contributed by atoms with Crippen molar-refractivity contribution >= 4 is 34.6 Å². The van der Waals surface area contributed by atoms with Crippen LogP contribution in [0.2, 0.25) is 0 Å². The maximum atomic E-state index is 12.0. The Kier molecular flexibility index (Phi) is 5.68. The number of pyridine rings is 1. The molecule has 2 aliphatic heterocycles. The van der Waals surface area contributed by atoms with Crippen LogP contribution in [0.5, 0.6) is 0 Å². The summed E-state index contributed by atoms with van der Waals surface area (Å²) in [5.41, 5.74) is 2.46. The largest absolute Gasteiger partial charge is 0.368 e. The van der Waals surface area contributed by atoms with Crippen molar-refractivity contribution in [2.45, 2.75) is 20.0 Å². The molecular formula is C20H26N6O2S. The molecule has 3 amide bonds. The number of aromatic nitrogens is 1. The molecule has 8 nitrogen and oxygen atoms in total. The summed E-state index contributed by atoms with van der Waals surface area (Å²) in [7, 11) is 1.61. The normalized spacial score (nSPS) is 17.1. The molecule has 2 aromatic heterocycles. The van der Waals surface area contributed by atoms with Crippen molar-refractivity contribution in [2.24, 2.45) is 0 Å². The van der Waals surface area contributed by atoms with Crippen LogP contribution in [0.3, 0.4) is 0 Å². The van der Waals surface area contributed by atoms with E-state index in [2.05, 4.69) is 31.5 Å². The Morgan fingerprint density at radius 3 is 2.72 bits per heavy atom. The van der Waals surface area contributed by atoms with Gasteiger partial charge in [-0.2, -0.15) is 0 Å². The highest BCUT2D eigenvalue weighted by Gasteiger charge is 2.25. The molecular weight excluding hydrogens is 388 g/mol. The van der Waals surface area contributed by atoms with E-state index < -0.39 is 0 Å². The second-order valence-corrected chi connectivity index (χ2v) is 8.46. The molecule has 0 radical (unpaired) electrons. The number of hydrogen-bond acceptors (Lipinski definition) is 6. The van der Waals surface area contributed by atoms with Gasteiger partial charge in [-0.25, -0.2) is 9.78 Å². The summed E-state index contributed by atoms with van der Waals surface area (Å²) < 4.78 is 0. The number of carbonyl (C=O) groups is 2. The molecule has 0 saturated carbocycles. The zero-order valence-electron chi connectivity index (χ0n) is 16.8. The zero-order chi connectivity index (χ0) is 20.4. The quantitative estimate of drug-likeness (QED) is 0.784. The van der Waals surface area contributed by atoms with Crippen molar-refractivity contribution < 1.29 is 9.59 Å². The first kappa shape index (κ1) is 19.7. The fourth-order valence-electron chi connectivity index (χ4n) is 3.70. The van der Waals surface area contributed by atoms with Crippen LogP contribution in [-0.2, 0) is 13.1 Å². The third-order valence-electron chi connectivity index (χ3n) is 5.43. The summed E-state index contributed by atoms with van der Waals surface area (Å²) in [5.74, 6) is -0.168. The van der Waals surface area contributed by atoms with Crippen molar-refractivity contribution in [3.8, 4) is 0 Å². The number of urea groups is 1. The number of nitrogens with zero attached hydrogens (tertiary/aromatic N) is 4. The van der Waals surface area contributed by atoms with E-state index in [0.29, 0.717) is 12.2 Å². The van der Waals surface area contributed by atoms with Gasteiger partial charge in [0.1, 0.15) is 5.69 Å². The van der Waals surface area contributed by atoms with Gasteiger partial charge in [0.15, 0.2) is 0 Å². The number of anilines is 2. The van der Waals surface area contributed by atoms with E-state index in [1.165, 1.54) is 9.75 Å². The van der Waals surface area contributed by atoms with Crippen molar-refractivity contribution in [1.82, 2.24) is 20.1 Å². The van der Waals surface area contributed by atoms with Gasteiger partial charge in [0.2, 0.25) is 0 Å². The van der Waals surface area contributed by atoms with Crippen LogP contribution in [0.25, 0.3) is 0 Å². The molecule has 29 heavy (non-hydrogen) atoms. The van der Waals surface area contributed by atoms with E-state index in [1.54, 1.807) is 30.6 Å². The van der Waals surface area contributed by atoms with Gasteiger partial charge >= 0.3 is 6.03 Å². The molecule has 2 N–H and O–H groups in total. The molecule has 1 fully saturated rings. The topological polar surface area (TPSA) is 80.8 Å². The van der Waals surface area contributed by atoms with Gasteiger partial charge in [0, 0.05) is 56.1 Å². The summed E-state index contributed by atoms with van der Waals surface area (Å²) in [6, 6.07) is 5.85. The molecule has 1 saturated heterocycles. The van der Waals surface area contributed by atoms with Gasteiger partial charge in [-0.15, -0.1) is 11.3 Å². The first-order valence-electron chi connectivity index (χ1n) is 9.90. The van der Waals surface area contributed by atoms with Crippen LogP contribution < -0.4 is 15.5 Å². The number of hydrogen-bond donors (Lipinski definition) is 2. The highest BCUT2D eigenvalue weighted by atomic mass is 32.1. The molecule has 0 aromatic carbocycles. The average Bonchev–Trinajstić information content (AvgIpc) is 3.14. The molecule has 0 bridgehead atoms. The number of amides is 3. The minimum Gasteiger partial charge on any atom is -0.368 e. The third-order valence-corrected chi connectivity index (χ3v) is 6.53. The van der Waals surface area contributed by atoms with Crippen molar-refractivity contribution in [2.75, 3.05) is 50.0 Å². The molecule has 9 heteroatoms. The summed E-state index contributed by atoms with van der Waals surface area (Å²) in [6.45, 7) is 8.11. The Bertz CT molecular complexity index is 889. The minimum atomic E-state index is -0.168. The SMILES string of the molecule is CCN1Cc2sc(CN3CCN(c4ccc(C(=O)NC)nc4)CC3)cc2NC1=O. The Labute approximate surface area is 174 Å². The lowest BCUT2D eigenvalue weighted by atomic mass is 10.2. The van der Waals surface area contributed by atoms with E-state index in [-0.39, 0.29) is 11.9 Å². The highest BCUT2D eigenvalue weighted by Crippen LogP contribution is 2.33. The number of thiophene rings is 1. The van der Waals surface area contributed by atoms with Gasteiger partial charge in [0.05, 0.1) is 24.1 Å². The van der Waals surface area contributed by atoms with E-state index in [9.17, 15) is 9.59 Å². The van der Waals surface area contributed by atoms with E-state index in [4.69, 9.17) is 0 Å². The lowest BCUT2D eigenvalue weighted by Crippen LogP contribution is -2.45. The molecule has 2 aromatic rings. The Morgan fingerprint density at radius 2 is 2.07 bits per heavy atom. The predicted molar refractivity (Wildman–Crippen MR) is 115 cm³/mol. The standard InChI is InChI=1S/C20H26N6O2S/c1-3-25-13-18-17(23-20(25)28)10-15(29-18)12-24-6-8-26(9-7-24)14-4-5-16(22-11-14)19(27)21-2/h4-5,10-11H,3,6-9,12-13H2,1-2H3,(H,21,27)(H,23,28). The molecule has 2 aliphatic rings. The van der Waals surface area contributed by atoms with Gasteiger partial charge in [-0.05, 0) is 25.1 Å². The predicted octanol–water partition coefficient (Wildman–Crippen LogP) is 2.19. The highest BCUT2D eigenvalue weighted by molar-refractivity contribution is 7.12. The lowest BCUT2D eigenvalue weighted by Gasteiger charge is -2.35. The Morgan fingerprint density at radius 1 is 1.28 bits per heavy atom. The van der Waals surface area contributed by atoms with E-state index >= 15 is 0 Å². The van der Waals surface area contributed by atoms with Crippen molar-refractivity contribution in [1.29, 1.82) is 0 Å². The number of piperazine rings is 1. The van der Waals surface area contributed by atoms with E-state index in [1.807, 2.05) is 17.9 Å². The van der Waals surface area contributed by atoms with Crippen LogP contribution in [0.1, 0.15) is 27.2 Å². The first-order chi connectivity index (χ1) is 14.1. The summed E-state index contributed by atoms with van der Waals surface area (Å²) in [5, 5.41) is 5.59. The first-order valence-corrected chi connectivity index (χ1v) is 10.7. The number of rotatable bonds is 5. The van der Waals surface area contributed by atoms with Crippen molar-refractivity contribution in [3.05, 3.63) is 39.8 Å². The van der Waals surface area contributed by atoms with Crippen LogP contribution in [0.15, 0.2) is 24.4 Å². The van der Waals surface area contributed by atoms with Crippen molar-refractivity contribution in [3.63, 3.8) is 0 Å². The second-order valence-electron chi connectivity index (χ2n) is 7.24. The maximum Gasteiger partial charge on any atom is 0.322 e. The Hall–Kier alpha value is -2.65. The summed E-state index contributed by atoms with van der Waals surface area (Å²) in [6.07, 6.45) is 1.77. The minimum absolute atomic E-state index is 0.00555. The van der Waals surface area contributed by atoms with Crippen LogP contribution >= 0.6 is 11.3 Å². The molecule has 0 atom stereocenters. The zero-order valence-corrected chi connectivity index (χ0v) is 17.6. The molecule has 0 spiro atoms. The monoisotopic (exact) mass is 414 g/mol. The van der Waals surface area contributed by atoms with Crippen LogP contribution in [-0.4, -0.2) is 66.5 Å².